The minimum Gasteiger partial charge on any atom is -0.481 e. The Morgan fingerprint density at radius 2 is 1.67 bits per heavy atom. The number of aliphatic carboxylic acids is 1. The molecule has 0 spiro atoms. The van der Waals surface area contributed by atoms with Gasteiger partial charge in [-0.1, -0.05) is 57.1 Å². The lowest BCUT2D eigenvalue weighted by molar-refractivity contribution is -0.137. The van der Waals surface area contributed by atoms with Gasteiger partial charge in [-0.2, -0.15) is 11.8 Å². The molecule has 3 fully saturated rings. The van der Waals surface area contributed by atoms with Crippen molar-refractivity contribution in [2.24, 2.45) is 17.8 Å². The molecule has 3 aliphatic rings. The Labute approximate surface area is 169 Å². The third-order valence-electron chi connectivity index (χ3n) is 7.08. The van der Waals surface area contributed by atoms with E-state index in [1.165, 1.54) is 64.2 Å². The van der Waals surface area contributed by atoms with Gasteiger partial charge in [0, 0.05) is 16.9 Å². The summed E-state index contributed by atoms with van der Waals surface area (Å²) in [5.74, 6) is 1.22. The second-order valence-corrected chi connectivity index (χ2v) is 10.5. The van der Waals surface area contributed by atoms with E-state index in [0.717, 1.165) is 35.7 Å². The first-order valence-electron chi connectivity index (χ1n) is 11.4. The van der Waals surface area contributed by atoms with Gasteiger partial charge >= 0.3 is 5.97 Å². The number of carbonyl (C=O) groups is 1. The molecule has 0 aromatic carbocycles. The summed E-state index contributed by atoms with van der Waals surface area (Å²) in [5, 5.41) is 21.0. The fourth-order valence-electron chi connectivity index (χ4n) is 5.52. The van der Waals surface area contributed by atoms with Crippen molar-refractivity contribution in [2.45, 2.75) is 106 Å². The predicted molar refractivity (Wildman–Crippen MR) is 113 cm³/mol. The lowest BCUT2D eigenvalue weighted by Crippen LogP contribution is -2.26. The molecular weight excluding hydrogens is 356 g/mol. The summed E-state index contributed by atoms with van der Waals surface area (Å²) < 4.78 is 0. The fraction of sp³-hybridized carbons (Fsp3) is 0.870. The van der Waals surface area contributed by atoms with E-state index in [9.17, 15) is 9.90 Å². The van der Waals surface area contributed by atoms with Gasteiger partial charge in [0.15, 0.2) is 0 Å². The van der Waals surface area contributed by atoms with E-state index in [-0.39, 0.29) is 6.10 Å². The van der Waals surface area contributed by atoms with Crippen molar-refractivity contribution in [1.82, 2.24) is 0 Å². The van der Waals surface area contributed by atoms with Crippen LogP contribution in [0.5, 0.6) is 0 Å². The van der Waals surface area contributed by atoms with Crippen LogP contribution in [-0.4, -0.2) is 32.8 Å². The van der Waals surface area contributed by atoms with Crippen LogP contribution in [0.3, 0.4) is 0 Å². The van der Waals surface area contributed by atoms with E-state index in [2.05, 4.69) is 23.9 Å². The molecule has 0 aromatic heterocycles. The first-order chi connectivity index (χ1) is 13.1. The topological polar surface area (TPSA) is 57.5 Å². The summed E-state index contributed by atoms with van der Waals surface area (Å²) in [7, 11) is 0. The summed E-state index contributed by atoms with van der Waals surface area (Å²) in [5.41, 5.74) is 0. The number of thioether (sulfide) groups is 1. The maximum absolute atomic E-state index is 10.7. The van der Waals surface area contributed by atoms with Crippen LogP contribution in [0.25, 0.3) is 0 Å². The Balaban J connectivity index is 1.45. The van der Waals surface area contributed by atoms with E-state index in [1.54, 1.807) is 0 Å². The molecule has 5 atom stereocenters. The van der Waals surface area contributed by atoms with E-state index >= 15 is 0 Å². The molecule has 2 N–H and O–H groups in total. The molecule has 2 bridgehead atoms. The second-order valence-electron chi connectivity index (χ2n) is 9.01. The Hall–Kier alpha value is -0.480. The molecule has 1 aliphatic carbocycles. The molecular formula is C23H38O3S. The fourth-order valence-corrected chi connectivity index (χ4v) is 7.50. The van der Waals surface area contributed by atoms with Gasteiger partial charge in [0.1, 0.15) is 0 Å². The Bertz CT molecular complexity index is 484. The quantitative estimate of drug-likeness (QED) is 0.279. The molecule has 2 saturated heterocycles. The van der Waals surface area contributed by atoms with Crippen molar-refractivity contribution in [2.75, 3.05) is 0 Å². The SMILES string of the molecule is O=C(O)CCCCCC[C@@H]1[C@H](C=CC(O)C2CCCCCC2)[C@@H]2CC[C@H]1S2. The number of carboxylic acid groups (broad SMARTS) is 1. The molecule has 0 aromatic rings. The molecule has 0 amide bonds. The molecule has 154 valence electrons. The summed E-state index contributed by atoms with van der Waals surface area (Å²) in [6, 6.07) is 0. The summed E-state index contributed by atoms with van der Waals surface area (Å²) >= 11 is 2.20. The Morgan fingerprint density at radius 3 is 2.41 bits per heavy atom. The van der Waals surface area contributed by atoms with Crippen molar-refractivity contribution in [3.05, 3.63) is 12.2 Å². The van der Waals surface area contributed by atoms with Crippen molar-refractivity contribution >= 4 is 17.7 Å². The summed E-state index contributed by atoms with van der Waals surface area (Å²) in [6.45, 7) is 0. The molecule has 3 rings (SSSR count). The van der Waals surface area contributed by atoms with Gasteiger partial charge in [-0.15, -0.1) is 0 Å². The van der Waals surface area contributed by atoms with Crippen LogP contribution >= 0.6 is 11.8 Å². The smallest absolute Gasteiger partial charge is 0.303 e. The maximum Gasteiger partial charge on any atom is 0.303 e. The number of unbranched alkanes of at least 4 members (excludes halogenated alkanes) is 3. The lowest BCUT2D eigenvalue weighted by Gasteiger charge is -2.28. The number of hydrogen-bond donors (Lipinski definition) is 2. The van der Waals surface area contributed by atoms with Crippen LogP contribution in [0.1, 0.15) is 89.9 Å². The summed E-state index contributed by atoms with van der Waals surface area (Å²) in [4.78, 5) is 10.6. The van der Waals surface area contributed by atoms with Crippen molar-refractivity contribution in [1.29, 1.82) is 0 Å². The van der Waals surface area contributed by atoms with Crippen LogP contribution < -0.4 is 0 Å². The second kappa shape index (κ2) is 10.9. The van der Waals surface area contributed by atoms with Crippen LogP contribution in [0.2, 0.25) is 0 Å². The minimum atomic E-state index is -0.670. The first-order valence-corrected chi connectivity index (χ1v) is 12.3. The van der Waals surface area contributed by atoms with E-state index in [0.29, 0.717) is 18.3 Å². The van der Waals surface area contributed by atoms with Crippen LogP contribution in [0.15, 0.2) is 12.2 Å². The van der Waals surface area contributed by atoms with Gasteiger partial charge in [0.25, 0.3) is 0 Å². The normalized spacial score (nSPS) is 32.8. The van der Waals surface area contributed by atoms with Gasteiger partial charge < -0.3 is 10.2 Å². The number of rotatable bonds is 10. The van der Waals surface area contributed by atoms with E-state index in [4.69, 9.17) is 5.11 Å². The standard InChI is InChI=1S/C23H38O3S/c24-20(17-9-5-1-2-6-10-17)14-13-19-18(21-15-16-22(19)27-21)11-7-3-4-8-12-23(25)26/h13-14,17-22,24H,1-12,15-16H2,(H,25,26)/t18-,19+,20?,21-,22+/m1/s1. The van der Waals surface area contributed by atoms with E-state index < -0.39 is 5.97 Å². The predicted octanol–water partition coefficient (Wildman–Crippen LogP) is 5.81. The largest absolute Gasteiger partial charge is 0.481 e. The molecule has 0 radical (unpaired) electrons. The van der Waals surface area contributed by atoms with Crippen molar-refractivity contribution in [3.63, 3.8) is 0 Å². The third kappa shape index (κ3) is 6.25. The van der Waals surface area contributed by atoms with Gasteiger partial charge in [-0.05, 0) is 56.3 Å². The monoisotopic (exact) mass is 394 g/mol. The molecule has 3 nitrogen and oxygen atoms in total. The number of aliphatic hydroxyl groups excluding tert-OH is 1. The molecule has 2 heterocycles. The van der Waals surface area contributed by atoms with Crippen molar-refractivity contribution in [3.8, 4) is 0 Å². The Kier molecular flexibility index (Phi) is 8.57. The number of hydrogen-bond acceptors (Lipinski definition) is 3. The van der Waals surface area contributed by atoms with Gasteiger partial charge in [0.05, 0.1) is 6.10 Å². The first kappa shape index (κ1) is 21.2. The van der Waals surface area contributed by atoms with Crippen LogP contribution in [0.4, 0.5) is 0 Å². The van der Waals surface area contributed by atoms with Gasteiger partial charge in [0.2, 0.25) is 0 Å². The highest BCUT2D eigenvalue weighted by molar-refractivity contribution is 8.01. The van der Waals surface area contributed by atoms with Gasteiger partial charge in [-0.3, -0.25) is 4.79 Å². The number of allylic oxidation sites excluding steroid dienone is 1. The maximum atomic E-state index is 10.7. The van der Waals surface area contributed by atoms with Crippen LogP contribution in [-0.2, 0) is 4.79 Å². The summed E-state index contributed by atoms with van der Waals surface area (Å²) in [6.07, 6.45) is 20.5. The number of fused-ring (bicyclic) bond motifs is 2. The highest BCUT2D eigenvalue weighted by atomic mass is 32.2. The number of aliphatic hydroxyl groups is 1. The molecule has 2 aliphatic heterocycles. The molecule has 4 heteroatoms. The number of carboxylic acids is 1. The van der Waals surface area contributed by atoms with Crippen LogP contribution in [0, 0.1) is 17.8 Å². The van der Waals surface area contributed by atoms with E-state index in [1.807, 2.05) is 0 Å². The Morgan fingerprint density at radius 1 is 0.963 bits per heavy atom. The zero-order valence-electron chi connectivity index (χ0n) is 16.7. The minimum absolute atomic E-state index is 0.246. The molecule has 1 unspecified atom stereocenters. The highest BCUT2D eigenvalue weighted by Crippen LogP contribution is 2.55. The van der Waals surface area contributed by atoms with Gasteiger partial charge in [-0.25, -0.2) is 0 Å². The zero-order valence-corrected chi connectivity index (χ0v) is 17.5. The average molecular weight is 395 g/mol. The highest BCUT2D eigenvalue weighted by Gasteiger charge is 2.46. The molecule has 27 heavy (non-hydrogen) atoms. The zero-order chi connectivity index (χ0) is 19.1. The molecule has 1 saturated carbocycles. The lowest BCUT2D eigenvalue weighted by atomic mass is 9.76. The van der Waals surface area contributed by atoms with Crippen molar-refractivity contribution < 1.29 is 15.0 Å². The third-order valence-corrected chi connectivity index (χ3v) is 8.91. The average Bonchev–Trinajstić information content (AvgIpc) is 3.13.